The molecule has 0 aromatic heterocycles. The minimum Gasteiger partial charge on any atom is -0.490 e. The summed E-state index contributed by atoms with van der Waals surface area (Å²) in [6, 6.07) is 8.47. The molecular formula is C15H22O. The number of para-hydroxylation sites is 1. The molecule has 1 aliphatic heterocycles. The number of aryl methyl sites for hydroxylation is 1. The van der Waals surface area contributed by atoms with Gasteiger partial charge in [-0.2, -0.15) is 0 Å². The summed E-state index contributed by atoms with van der Waals surface area (Å²) >= 11 is 0. The summed E-state index contributed by atoms with van der Waals surface area (Å²) in [5, 5.41) is 0. The maximum atomic E-state index is 6.14. The molecular weight excluding hydrogens is 196 g/mol. The molecule has 0 saturated heterocycles. The molecule has 0 spiro atoms. The van der Waals surface area contributed by atoms with Crippen LogP contribution < -0.4 is 4.74 Å². The van der Waals surface area contributed by atoms with Crippen LogP contribution in [0.1, 0.15) is 45.1 Å². The van der Waals surface area contributed by atoms with Crippen molar-refractivity contribution >= 4 is 0 Å². The van der Waals surface area contributed by atoms with E-state index in [9.17, 15) is 0 Å². The largest absolute Gasteiger partial charge is 0.490 e. The molecule has 1 aromatic carbocycles. The molecule has 1 nitrogen and oxygen atoms in total. The second kappa shape index (κ2) is 5.38. The van der Waals surface area contributed by atoms with Crippen LogP contribution in [0.15, 0.2) is 24.3 Å². The highest BCUT2D eigenvalue weighted by atomic mass is 16.5. The van der Waals surface area contributed by atoms with Crippen LogP contribution in [0.5, 0.6) is 5.75 Å². The van der Waals surface area contributed by atoms with Gasteiger partial charge in [-0.1, -0.05) is 38.5 Å². The summed E-state index contributed by atoms with van der Waals surface area (Å²) in [5.41, 5.74) is 1.38. The second-order valence-electron chi connectivity index (χ2n) is 4.76. The van der Waals surface area contributed by atoms with Crippen LogP contribution >= 0.6 is 0 Å². The van der Waals surface area contributed by atoms with E-state index in [1.54, 1.807) is 0 Å². The smallest absolute Gasteiger partial charge is 0.122 e. The zero-order valence-corrected chi connectivity index (χ0v) is 10.4. The fourth-order valence-electron chi connectivity index (χ4n) is 2.70. The lowest BCUT2D eigenvalue weighted by Crippen LogP contribution is -2.30. The molecule has 0 aliphatic carbocycles. The predicted molar refractivity (Wildman–Crippen MR) is 67.9 cm³/mol. The van der Waals surface area contributed by atoms with E-state index in [1.165, 1.54) is 37.7 Å². The highest BCUT2D eigenvalue weighted by molar-refractivity contribution is 5.35. The first kappa shape index (κ1) is 11.5. The Hall–Kier alpha value is -0.980. The van der Waals surface area contributed by atoms with Crippen LogP contribution in [0.4, 0.5) is 0 Å². The fraction of sp³-hybridized carbons (Fsp3) is 0.600. The number of ether oxygens (including phenoxy) is 1. The predicted octanol–water partition coefficient (Wildman–Crippen LogP) is 4.21. The first-order valence-corrected chi connectivity index (χ1v) is 6.59. The molecule has 2 rings (SSSR count). The van der Waals surface area contributed by atoms with E-state index in [4.69, 9.17) is 4.74 Å². The highest BCUT2D eigenvalue weighted by Crippen LogP contribution is 2.32. The summed E-state index contributed by atoms with van der Waals surface area (Å²) < 4.78 is 6.14. The molecule has 1 heterocycles. The standard InChI is InChI=1S/C15H22O/c1-3-7-12(4-2)15-11-10-13-8-5-6-9-14(13)16-15/h5-6,8-9,12,15H,3-4,7,10-11H2,1-2H3. The zero-order valence-electron chi connectivity index (χ0n) is 10.4. The number of fused-ring (bicyclic) bond motifs is 1. The van der Waals surface area contributed by atoms with Crippen molar-refractivity contribution in [3.63, 3.8) is 0 Å². The average Bonchev–Trinajstić information content (AvgIpc) is 2.35. The summed E-state index contributed by atoms with van der Waals surface area (Å²) in [4.78, 5) is 0. The van der Waals surface area contributed by atoms with Gasteiger partial charge >= 0.3 is 0 Å². The SMILES string of the molecule is CCCC(CC)C1CCc2ccccc2O1. The second-order valence-corrected chi connectivity index (χ2v) is 4.76. The highest BCUT2D eigenvalue weighted by Gasteiger charge is 2.25. The van der Waals surface area contributed by atoms with Gasteiger partial charge in [0.25, 0.3) is 0 Å². The van der Waals surface area contributed by atoms with Crippen molar-refractivity contribution < 1.29 is 4.74 Å². The van der Waals surface area contributed by atoms with Crippen LogP contribution in [-0.4, -0.2) is 6.10 Å². The molecule has 88 valence electrons. The first-order valence-electron chi connectivity index (χ1n) is 6.59. The molecule has 0 bridgehead atoms. The van der Waals surface area contributed by atoms with Crippen molar-refractivity contribution in [1.29, 1.82) is 0 Å². The molecule has 0 radical (unpaired) electrons. The lowest BCUT2D eigenvalue weighted by atomic mass is 9.88. The summed E-state index contributed by atoms with van der Waals surface area (Å²) in [6.07, 6.45) is 6.61. The van der Waals surface area contributed by atoms with Gasteiger partial charge in [0.2, 0.25) is 0 Å². The van der Waals surface area contributed by atoms with E-state index < -0.39 is 0 Å². The molecule has 1 heteroatoms. The Balaban J connectivity index is 2.06. The number of rotatable bonds is 4. The normalized spacial score (nSPS) is 21.0. The third kappa shape index (κ3) is 2.40. The Morgan fingerprint density at radius 1 is 1.31 bits per heavy atom. The third-order valence-corrected chi connectivity index (χ3v) is 3.66. The van der Waals surface area contributed by atoms with Gasteiger partial charge in [-0.25, -0.2) is 0 Å². The van der Waals surface area contributed by atoms with Crippen LogP contribution in [-0.2, 0) is 6.42 Å². The van der Waals surface area contributed by atoms with Gasteiger partial charge in [0.1, 0.15) is 11.9 Å². The fourth-order valence-corrected chi connectivity index (χ4v) is 2.70. The Morgan fingerprint density at radius 3 is 2.88 bits per heavy atom. The molecule has 2 atom stereocenters. The number of hydrogen-bond donors (Lipinski definition) is 0. The molecule has 2 unspecified atom stereocenters. The summed E-state index contributed by atoms with van der Waals surface area (Å²) in [7, 11) is 0. The first-order chi connectivity index (χ1) is 7.85. The molecule has 0 N–H and O–H groups in total. The minimum absolute atomic E-state index is 0.444. The van der Waals surface area contributed by atoms with Crippen LogP contribution in [0.2, 0.25) is 0 Å². The molecule has 1 aromatic rings. The van der Waals surface area contributed by atoms with E-state index in [0.717, 1.165) is 11.7 Å². The lowest BCUT2D eigenvalue weighted by molar-refractivity contribution is 0.102. The van der Waals surface area contributed by atoms with Gasteiger partial charge in [0.15, 0.2) is 0 Å². The topological polar surface area (TPSA) is 9.23 Å². The van der Waals surface area contributed by atoms with Gasteiger partial charge in [-0.05, 0) is 43.2 Å². The van der Waals surface area contributed by atoms with Crippen LogP contribution in [0.25, 0.3) is 0 Å². The Kier molecular flexibility index (Phi) is 3.87. The maximum absolute atomic E-state index is 6.14. The van der Waals surface area contributed by atoms with Gasteiger partial charge < -0.3 is 4.74 Å². The third-order valence-electron chi connectivity index (χ3n) is 3.66. The van der Waals surface area contributed by atoms with Gasteiger partial charge in [0, 0.05) is 0 Å². The van der Waals surface area contributed by atoms with Crippen molar-refractivity contribution in [2.75, 3.05) is 0 Å². The zero-order chi connectivity index (χ0) is 11.4. The van der Waals surface area contributed by atoms with E-state index in [-0.39, 0.29) is 0 Å². The number of hydrogen-bond acceptors (Lipinski definition) is 1. The van der Waals surface area contributed by atoms with E-state index in [1.807, 2.05) is 0 Å². The molecule has 0 amide bonds. The van der Waals surface area contributed by atoms with E-state index in [2.05, 4.69) is 38.1 Å². The Bertz CT molecular complexity index is 332. The molecule has 16 heavy (non-hydrogen) atoms. The summed E-state index contributed by atoms with van der Waals surface area (Å²) in [5.74, 6) is 1.85. The minimum atomic E-state index is 0.444. The van der Waals surface area contributed by atoms with E-state index >= 15 is 0 Å². The lowest BCUT2D eigenvalue weighted by Gasteiger charge is -2.31. The van der Waals surface area contributed by atoms with Crippen molar-refractivity contribution in [1.82, 2.24) is 0 Å². The molecule has 1 aliphatic rings. The van der Waals surface area contributed by atoms with Crippen LogP contribution in [0.3, 0.4) is 0 Å². The Labute approximate surface area is 98.8 Å². The molecule has 0 fully saturated rings. The number of benzene rings is 1. The van der Waals surface area contributed by atoms with E-state index in [0.29, 0.717) is 6.10 Å². The molecule has 0 saturated carbocycles. The van der Waals surface area contributed by atoms with Crippen molar-refractivity contribution in [2.45, 2.75) is 52.1 Å². The van der Waals surface area contributed by atoms with Crippen molar-refractivity contribution in [3.05, 3.63) is 29.8 Å². The monoisotopic (exact) mass is 218 g/mol. The van der Waals surface area contributed by atoms with Crippen molar-refractivity contribution in [2.24, 2.45) is 5.92 Å². The van der Waals surface area contributed by atoms with Crippen LogP contribution in [0, 0.1) is 5.92 Å². The van der Waals surface area contributed by atoms with Gasteiger partial charge in [-0.15, -0.1) is 0 Å². The van der Waals surface area contributed by atoms with Gasteiger partial charge in [0.05, 0.1) is 0 Å². The summed E-state index contributed by atoms with van der Waals surface area (Å²) in [6.45, 7) is 4.55. The Morgan fingerprint density at radius 2 is 2.12 bits per heavy atom. The van der Waals surface area contributed by atoms with Crippen molar-refractivity contribution in [3.8, 4) is 5.75 Å². The average molecular weight is 218 g/mol. The van der Waals surface area contributed by atoms with Gasteiger partial charge in [-0.3, -0.25) is 0 Å². The quantitative estimate of drug-likeness (QED) is 0.735. The maximum Gasteiger partial charge on any atom is 0.122 e.